The van der Waals surface area contributed by atoms with Gasteiger partial charge in [-0.25, -0.2) is 19.3 Å². The van der Waals surface area contributed by atoms with Crippen molar-refractivity contribution in [2.24, 2.45) is 5.73 Å². The summed E-state index contributed by atoms with van der Waals surface area (Å²) in [5.74, 6) is 0.700. The standard InChI is InChI=1S/C37H41FN8O/c1-44(21-2-3-24-47)26-16-22-45(23-17-26)32-9-4-7-28(33(32)38)30-14-15-31-36(42-30)46(35(43-31)29-8-5-20-41-34(29)39)27-12-10-25(11-13-27)37(40)18-6-19-37/h4-5,7-15,20,24,26H,2-3,6,16-19,21-23,40H2,1H3,(H2,39,41). The van der Waals surface area contributed by atoms with E-state index in [9.17, 15) is 4.79 Å². The van der Waals surface area contributed by atoms with Gasteiger partial charge in [0.15, 0.2) is 17.3 Å². The van der Waals surface area contributed by atoms with Crippen molar-refractivity contribution < 1.29 is 9.18 Å². The van der Waals surface area contributed by atoms with Crippen LogP contribution < -0.4 is 16.4 Å². The van der Waals surface area contributed by atoms with Crippen LogP contribution >= 0.6 is 0 Å². The first-order valence-corrected chi connectivity index (χ1v) is 16.5. The lowest BCUT2D eigenvalue weighted by molar-refractivity contribution is -0.108. The molecule has 5 aromatic rings. The van der Waals surface area contributed by atoms with Gasteiger partial charge in [-0.15, -0.1) is 0 Å². The molecule has 0 amide bonds. The molecule has 242 valence electrons. The van der Waals surface area contributed by atoms with E-state index in [1.54, 1.807) is 12.3 Å². The average Bonchev–Trinajstić information content (AvgIpc) is 3.46. The minimum Gasteiger partial charge on any atom is -0.383 e. The van der Waals surface area contributed by atoms with Crippen LogP contribution in [0.15, 0.2) is 72.9 Å². The predicted molar refractivity (Wildman–Crippen MR) is 185 cm³/mol. The number of aldehydes is 1. The third-order valence-electron chi connectivity index (χ3n) is 10.0. The normalized spacial score (nSPS) is 16.5. The average molecular weight is 633 g/mol. The summed E-state index contributed by atoms with van der Waals surface area (Å²) in [6.45, 7) is 2.42. The summed E-state index contributed by atoms with van der Waals surface area (Å²) < 4.78 is 18.3. The lowest BCUT2D eigenvalue weighted by atomic mass is 9.73. The Bertz CT molecular complexity index is 1890. The van der Waals surface area contributed by atoms with E-state index >= 15 is 4.39 Å². The minimum absolute atomic E-state index is 0.275. The zero-order valence-corrected chi connectivity index (χ0v) is 26.8. The molecule has 0 radical (unpaired) electrons. The Morgan fingerprint density at radius 3 is 2.47 bits per heavy atom. The van der Waals surface area contributed by atoms with Gasteiger partial charge in [0, 0.05) is 48.5 Å². The molecule has 1 aliphatic heterocycles. The van der Waals surface area contributed by atoms with Crippen LogP contribution in [0.1, 0.15) is 50.5 Å². The van der Waals surface area contributed by atoms with E-state index in [4.69, 9.17) is 21.4 Å². The number of rotatable bonds is 10. The Labute approximate surface area is 274 Å². The predicted octanol–water partition coefficient (Wildman–Crippen LogP) is 6.09. The largest absolute Gasteiger partial charge is 0.383 e. The zero-order valence-electron chi connectivity index (χ0n) is 26.8. The number of pyridine rings is 2. The van der Waals surface area contributed by atoms with Crippen LogP contribution in [0, 0.1) is 5.82 Å². The molecular formula is C37H41FN8O. The quantitative estimate of drug-likeness (QED) is 0.140. The molecule has 2 aliphatic rings. The summed E-state index contributed by atoms with van der Waals surface area (Å²) in [6, 6.07) is 21.7. The molecular weight excluding hydrogens is 591 g/mol. The van der Waals surface area contributed by atoms with Crippen molar-refractivity contribution in [3.63, 3.8) is 0 Å². The first kappa shape index (κ1) is 31.0. The summed E-state index contributed by atoms with van der Waals surface area (Å²) in [6.07, 6.45) is 9.05. The summed E-state index contributed by atoms with van der Waals surface area (Å²) >= 11 is 0. The highest BCUT2D eigenvalue weighted by atomic mass is 19.1. The number of aromatic nitrogens is 4. The Hall–Kier alpha value is -4.67. The number of piperidine rings is 1. The monoisotopic (exact) mass is 632 g/mol. The molecule has 2 aromatic carbocycles. The lowest BCUT2D eigenvalue weighted by Crippen LogP contribution is -2.44. The molecule has 0 atom stereocenters. The fourth-order valence-electron chi connectivity index (χ4n) is 7.04. The van der Waals surface area contributed by atoms with Gasteiger partial charge in [0.1, 0.15) is 17.6 Å². The highest BCUT2D eigenvalue weighted by Crippen LogP contribution is 2.40. The van der Waals surface area contributed by atoms with Crippen molar-refractivity contribution in [1.82, 2.24) is 24.4 Å². The molecule has 4 heterocycles. The molecule has 7 rings (SSSR count). The molecule has 47 heavy (non-hydrogen) atoms. The first-order valence-electron chi connectivity index (χ1n) is 16.5. The van der Waals surface area contributed by atoms with Crippen molar-refractivity contribution in [2.45, 2.75) is 56.5 Å². The summed E-state index contributed by atoms with van der Waals surface area (Å²) in [5, 5.41) is 0. The van der Waals surface area contributed by atoms with Crippen LogP contribution in [0.5, 0.6) is 0 Å². The molecule has 10 heteroatoms. The van der Waals surface area contributed by atoms with Crippen molar-refractivity contribution in [3.8, 4) is 28.3 Å². The number of benzene rings is 2. The van der Waals surface area contributed by atoms with Crippen LogP contribution in [-0.2, 0) is 10.3 Å². The molecule has 1 aliphatic carbocycles. The van der Waals surface area contributed by atoms with Crippen molar-refractivity contribution in [2.75, 3.05) is 37.3 Å². The molecule has 1 saturated carbocycles. The van der Waals surface area contributed by atoms with Gasteiger partial charge >= 0.3 is 0 Å². The van der Waals surface area contributed by atoms with Gasteiger partial charge in [0.05, 0.1) is 16.9 Å². The number of hydrogen-bond acceptors (Lipinski definition) is 8. The second-order valence-electron chi connectivity index (χ2n) is 12.9. The first-order chi connectivity index (χ1) is 22.9. The number of nitrogens with two attached hydrogens (primary N) is 2. The maximum absolute atomic E-state index is 16.4. The molecule has 3 aromatic heterocycles. The Kier molecular flexibility index (Phi) is 8.46. The van der Waals surface area contributed by atoms with Crippen LogP contribution in [0.4, 0.5) is 15.9 Å². The van der Waals surface area contributed by atoms with Crippen LogP contribution in [0.3, 0.4) is 0 Å². The Morgan fingerprint density at radius 1 is 1.00 bits per heavy atom. The number of hydrogen-bond donors (Lipinski definition) is 2. The molecule has 9 nitrogen and oxygen atoms in total. The number of carbonyl (C=O) groups excluding carboxylic acids is 1. The van der Waals surface area contributed by atoms with E-state index in [0.717, 1.165) is 75.7 Å². The minimum atomic E-state index is -0.280. The van der Waals surface area contributed by atoms with Crippen molar-refractivity contribution >= 4 is 29.0 Å². The maximum atomic E-state index is 16.4. The summed E-state index contributed by atoms with van der Waals surface area (Å²) in [4.78, 5) is 29.5. The number of nitrogen functional groups attached to an aromatic ring is 1. The highest BCUT2D eigenvalue weighted by molar-refractivity contribution is 5.85. The lowest BCUT2D eigenvalue weighted by Gasteiger charge is -2.38. The van der Waals surface area contributed by atoms with E-state index < -0.39 is 0 Å². The second kappa shape index (κ2) is 12.8. The van der Waals surface area contributed by atoms with E-state index in [2.05, 4.69) is 34.0 Å². The Balaban J connectivity index is 1.23. The third kappa shape index (κ3) is 5.87. The number of imidazole rings is 1. The topological polar surface area (TPSA) is 119 Å². The van der Waals surface area contributed by atoms with Crippen LogP contribution in [0.2, 0.25) is 0 Å². The molecule has 1 saturated heterocycles. The molecule has 0 bridgehead atoms. The van der Waals surface area contributed by atoms with Gasteiger partial charge in [0.2, 0.25) is 0 Å². The summed E-state index contributed by atoms with van der Waals surface area (Å²) in [7, 11) is 2.12. The smallest absolute Gasteiger partial charge is 0.165 e. The number of fused-ring (bicyclic) bond motifs is 1. The molecule has 0 spiro atoms. The van der Waals surface area contributed by atoms with E-state index in [1.165, 1.54) is 0 Å². The van der Waals surface area contributed by atoms with Gasteiger partial charge < -0.3 is 26.1 Å². The van der Waals surface area contributed by atoms with Gasteiger partial charge in [-0.3, -0.25) is 4.57 Å². The maximum Gasteiger partial charge on any atom is 0.165 e. The van der Waals surface area contributed by atoms with Gasteiger partial charge in [-0.05, 0) is 106 Å². The van der Waals surface area contributed by atoms with E-state index in [1.807, 2.05) is 53.1 Å². The summed E-state index contributed by atoms with van der Waals surface area (Å²) in [5.41, 5.74) is 18.2. The van der Waals surface area contributed by atoms with Crippen LogP contribution in [0.25, 0.3) is 39.5 Å². The van der Waals surface area contributed by atoms with E-state index in [0.29, 0.717) is 57.8 Å². The van der Waals surface area contributed by atoms with Crippen molar-refractivity contribution in [3.05, 3.63) is 84.3 Å². The van der Waals surface area contributed by atoms with Gasteiger partial charge in [-0.1, -0.05) is 18.2 Å². The second-order valence-corrected chi connectivity index (χ2v) is 12.9. The fourth-order valence-corrected chi connectivity index (χ4v) is 7.04. The third-order valence-corrected chi connectivity index (χ3v) is 10.0. The van der Waals surface area contributed by atoms with E-state index in [-0.39, 0.29) is 11.4 Å². The number of halogens is 1. The molecule has 0 unspecified atom stereocenters. The zero-order chi connectivity index (χ0) is 32.5. The molecule has 2 fully saturated rings. The highest BCUT2D eigenvalue weighted by Gasteiger charge is 2.34. The SMILES string of the molecule is CN(CCCC=O)C1CCN(c2cccc(-c3ccc4nc(-c5cccnc5N)n(-c5ccc(C6(N)CCC6)cc5)c4n3)c2F)CC1. The number of nitrogens with zero attached hydrogens (tertiary/aromatic N) is 6. The number of anilines is 2. The fraction of sp³-hybridized carbons (Fsp3) is 0.351. The number of carbonyl (C=O) groups is 1. The molecule has 4 N–H and O–H groups in total. The van der Waals surface area contributed by atoms with Gasteiger partial charge in [0.25, 0.3) is 0 Å². The number of unbranched alkanes of at least 4 members (excludes halogenated alkanes) is 1. The van der Waals surface area contributed by atoms with Crippen molar-refractivity contribution in [1.29, 1.82) is 0 Å². The Morgan fingerprint density at radius 2 is 1.77 bits per heavy atom. The van der Waals surface area contributed by atoms with Crippen LogP contribution in [-0.4, -0.2) is 63.4 Å². The van der Waals surface area contributed by atoms with Gasteiger partial charge in [-0.2, -0.15) is 0 Å².